The number of rotatable bonds is 8. The molecule has 1 rings (SSSR count). The van der Waals surface area contributed by atoms with Crippen LogP contribution in [0.2, 0.25) is 0 Å². The zero-order valence-corrected chi connectivity index (χ0v) is 11.9. The van der Waals surface area contributed by atoms with Crippen LogP contribution in [0, 0.1) is 5.82 Å². The van der Waals surface area contributed by atoms with Crippen LogP contribution in [0.3, 0.4) is 0 Å². The Morgan fingerprint density at radius 1 is 1.33 bits per heavy atom. The fourth-order valence-corrected chi connectivity index (χ4v) is 3.08. The first kappa shape index (κ1) is 15.3. The molecule has 0 bridgehead atoms. The van der Waals surface area contributed by atoms with Gasteiger partial charge in [-0.1, -0.05) is 25.5 Å². The summed E-state index contributed by atoms with van der Waals surface area (Å²) in [5.74, 6) is 0.177. The molecule has 0 aliphatic carbocycles. The minimum atomic E-state index is -1.21. The fraction of sp³-hybridized carbons (Fsp3) is 0.571. The normalized spacial score (nSPS) is 14.4. The highest BCUT2D eigenvalue weighted by atomic mass is 32.2. The Hall–Kier alpha value is -0.740. The van der Waals surface area contributed by atoms with Crippen LogP contribution in [-0.2, 0) is 10.8 Å². The summed E-state index contributed by atoms with van der Waals surface area (Å²) in [5, 5.41) is 3.34. The van der Waals surface area contributed by atoms with E-state index in [1.54, 1.807) is 18.2 Å². The summed E-state index contributed by atoms with van der Waals surface area (Å²) in [7, 11) is -1.21. The average Bonchev–Trinajstić information content (AvgIpc) is 2.35. The van der Waals surface area contributed by atoms with Gasteiger partial charge in [0.1, 0.15) is 5.82 Å². The molecule has 0 radical (unpaired) electrons. The molecule has 18 heavy (non-hydrogen) atoms. The lowest BCUT2D eigenvalue weighted by Gasteiger charge is -2.11. The molecule has 0 aromatic heterocycles. The minimum absolute atomic E-state index is 0.331. The molecule has 0 aliphatic rings. The van der Waals surface area contributed by atoms with Crippen molar-refractivity contribution < 1.29 is 8.60 Å². The van der Waals surface area contributed by atoms with Crippen molar-refractivity contribution >= 4 is 10.8 Å². The van der Waals surface area contributed by atoms with Gasteiger partial charge < -0.3 is 5.32 Å². The molecule has 1 aromatic rings. The number of hydrogen-bond acceptors (Lipinski definition) is 2. The second-order valence-electron chi connectivity index (χ2n) is 4.43. The van der Waals surface area contributed by atoms with Crippen LogP contribution in [0.1, 0.15) is 33.1 Å². The van der Waals surface area contributed by atoms with Gasteiger partial charge in [-0.25, -0.2) is 4.39 Å². The third kappa shape index (κ3) is 5.27. The van der Waals surface area contributed by atoms with E-state index in [9.17, 15) is 8.60 Å². The molecule has 0 saturated carbocycles. The Kier molecular flexibility index (Phi) is 7.13. The molecule has 0 fully saturated rings. The van der Waals surface area contributed by atoms with Crippen LogP contribution < -0.4 is 5.32 Å². The SMILES string of the molecule is CCNC(C)CCCCS(=O)c1ccccc1F. The maximum Gasteiger partial charge on any atom is 0.139 e. The van der Waals surface area contributed by atoms with Gasteiger partial charge in [-0.2, -0.15) is 0 Å². The van der Waals surface area contributed by atoms with Gasteiger partial charge in [0.25, 0.3) is 0 Å². The fourth-order valence-electron chi connectivity index (χ4n) is 1.87. The van der Waals surface area contributed by atoms with Crippen LogP contribution in [-0.4, -0.2) is 22.5 Å². The molecular weight excluding hydrogens is 249 g/mol. The maximum absolute atomic E-state index is 13.4. The molecule has 2 nitrogen and oxygen atoms in total. The molecule has 1 aromatic carbocycles. The highest BCUT2D eigenvalue weighted by Crippen LogP contribution is 2.13. The van der Waals surface area contributed by atoms with Crippen LogP contribution in [0.15, 0.2) is 29.2 Å². The largest absolute Gasteiger partial charge is 0.315 e. The highest BCUT2D eigenvalue weighted by molar-refractivity contribution is 7.85. The molecule has 2 atom stereocenters. The number of benzene rings is 1. The predicted molar refractivity (Wildman–Crippen MR) is 74.7 cm³/mol. The quantitative estimate of drug-likeness (QED) is 0.736. The van der Waals surface area contributed by atoms with Gasteiger partial charge in [-0.15, -0.1) is 0 Å². The summed E-state index contributed by atoms with van der Waals surface area (Å²) >= 11 is 0. The number of nitrogens with one attached hydrogen (secondary N) is 1. The zero-order valence-electron chi connectivity index (χ0n) is 11.1. The van der Waals surface area contributed by atoms with Gasteiger partial charge in [-0.05, 0) is 38.4 Å². The Balaban J connectivity index is 2.28. The zero-order chi connectivity index (χ0) is 13.4. The van der Waals surface area contributed by atoms with Crippen molar-refractivity contribution in [3.63, 3.8) is 0 Å². The van der Waals surface area contributed by atoms with Gasteiger partial charge >= 0.3 is 0 Å². The molecule has 0 spiro atoms. The van der Waals surface area contributed by atoms with E-state index < -0.39 is 10.8 Å². The molecule has 0 aliphatic heterocycles. The molecule has 0 amide bonds. The second kappa shape index (κ2) is 8.38. The van der Waals surface area contributed by atoms with Crippen molar-refractivity contribution in [2.45, 2.75) is 44.0 Å². The molecule has 4 heteroatoms. The van der Waals surface area contributed by atoms with Gasteiger partial charge in [0.2, 0.25) is 0 Å². The molecular formula is C14H22FNOS. The Morgan fingerprint density at radius 2 is 2.06 bits per heavy atom. The molecule has 0 saturated heterocycles. The first-order valence-corrected chi connectivity index (χ1v) is 7.83. The van der Waals surface area contributed by atoms with Gasteiger partial charge in [0.15, 0.2) is 0 Å². The summed E-state index contributed by atoms with van der Waals surface area (Å²) in [6, 6.07) is 6.81. The minimum Gasteiger partial charge on any atom is -0.315 e. The number of halogens is 1. The summed E-state index contributed by atoms with van der Waals surface area (Å²) in [4.78, 5) is 0.331. The van der Waals surface area contributed by atoms with Gasteiger partial charge in [0, 0.05) is 11.8 Å². The van der Waals surface area contributed by atoms with E-state index in [4.69, 9.17) is 0 Å². The summed E-state index contributed by atoms with van der Waals surface area (Å²) < 4.78 is 25.3. The van der Waals surface area contributed by atoms with Gasteiger partial charge in [0.05, 0.1) is 15.7 Å². The van der Waals surface area contributed by atoms with E-state index in [1.807, 2.05) is 0 Å². The Labute approximate surface area is 111 Å². The van der Waals surface area contributed by atoms with Crippen LogP contribution in [0.4, 0.5) is 4.39 Å². The van der Waals surface area contributed by atoms with Crippen molar-refractivity contribution in [3.8, 4) is 0 Å². The van der Waals surface area contributed by atoms with Crippen molar-refractivity contribution in [1.82, 2.24) is 5.32 Å². The number of hydrogen-bond donors (Lipinski definition) is 1. The predicted octanol–water partition coefficient (Wildman–Crippen LogP) is 3.10. The maximum atomic E-state index is 13.4. The lowest BCUT2D eigenvalue weighted by Crippen LogP contribution is -2.25. The van der Waals surface area contributed by atoms with E-state index in [0.29, 0.717) is 16.7 Å². The van der Waals surface area contributed by atoms with E-state index in [2.05, 4.69) is 19.2 Å². The van der Waals surface area contributed by atoms with E-state index in [0.717, 1.165) is 25.8 Å². The van der Waals surface area contributed by atoms with Crippen LogP contribution >= 0.6 is 0 Å². The molecule has 102 valence electrons. The Bertz CT molecular complexity index is 384. The monoisotopic (exact) mass is 271 g/mol. The van der Waals surface area contributed by atoms with Crippen LogP contribution in [0.25, 0.3) is 0 Å². The first-order chi connectivity index (χ1) is 8.65. The highest BCUT2D eigenvalue weighted by Gasteiger charge is 2.09. The van der Waals surface area contributed by atoms with Crippen molar-refractivity contribution in [2.75, 3.05) is 12.3 Å². The summed E-state index contributed by atoms with van der Waals surface area (Å²) in [6.45, 7) is 5.21. The smallest absolute Gasteiger partial charge is 0.139 e. The summed E-state index contributed by atoms with van der Waals surface area (Å²) in [5.41, 5.74) is 0. The first-order valence-electron chi connectivity index (χ1n) is 6.51. The third-order valence-electron chi connectivity index (χ3n) is 2.85. The molecule has 2 unspecified atom stereocenters. The van der Waals surface area contributed by atoms with Crippen molar-refractivity contribution in [1.29, 1.82) is 0 Å². The van der Waals surface area contributed by atoms with E-state index >= 15 is 0 Å². The van der Waals surface area contributed by atoms with Crippen molar-refractivity contribution in [3.05, 3.63) is 30.1 Å². The lowest BCUT2D eigenvalue weighted by molar-refractivity contribution is 0.509. The third-order valence-corrected chi connectivity index (χ3v) is 4.33. The van der Waals surface area contributed by atoms with Crippen molar-refractivity contribution in [2.24, 2.45) is 0 Å². The lowest BCUT2D eigenvalue weighted by atomic mass is 10.1. The molecule has 0 heterocycles. The summed E-state index contributed by atoms with van der Waals surface area (Å²) in [6.07, 6.45) is 2.97. The van der Waals surface area contributed by atoms with Gasteiger partial charge in [-0.3, -0.25) is 4.21 Å². The van der Waals surface area contributed by atoms with E-state index in [-0.39, 0.29) is 5.82 Å². The molecule has 1 N–H and O–H groups in total. The van der Waals surface area contributed by atoms with Crippen LogP contribution in [0.5, 0.6) is 0 Å². The number of unbranched alkanes of at least 4 members (excludes halogenated alkanes) is 1. The van der Waals surface area contributed by atoms with E-state index in [1.165, 1.54) is 6.07 Å². The standard InChI is InChI=1S/C14H22FNOS/c1-3-16-12(2)8-6-7-11-18(17)14-10-5-4-9-13(14)15/h4-5,9-10,12,16H,3,6-8,11H2,1-2H3. The Morgan fingerprint density at radius 3 is 2.72 bits per heavy atom. The second-order valence-corrected chi connectivity index (χ2v) is 5.97. The average molecular weight is 271 g/mol. The topological polar surface area (TPSA) is 29.1 Å².